The number of likely N-dealkylation sites (N-methyl/N-ethyl adjacent to an activating group) is 1. The maximum atomic E-state index is 13.3. The second-order valence-corrected chi connectivity index (χ2v) is 7.42. The van der Waals surface area contributed by atoms with Gasteiger partial charge in [0.15, 0.2) is 0 Å². The largest absolute Gasteiger partial charge is 0.465 e. The Morgan fingerprint density at radius 1 is 1.14 bits per heavy atom. The van der Waals surface area contributed by atoms with Gasteiger partial charge in [-0.3, -0.25) is 4.79 Å². The first-order chi connectivity index (χ1) is 13.3. The molecule has 1 amide bonds. The summed E-state index contributed by atoms with van der Waals surface area (Å²) < 4.78 is 4.90. The number of H-pyrrole nitrogens is 1. The molecule has 0 aliphatic carbocycles. The van der Waals surface area contributed by atoms with E-state index in [4.69, 9.17) is 16.3 Å². The van der Waals surface area contributed by atoms with E-state index in [1.807, 2.05) is 50.2 Å². The zero-order valence-electron chi connectivity index (χ0n) is 17.1. The van der Waals surface area contributed by atoms with Gasteiger partial charge >= 0.3 is 5.97 Å². The summed E-state index contributed by atoms with van der Waals surface area (Å²) in [6.07, 6.45) is 0.605. The lowest BCUT2D eigenvalue weighted by Crippen LogP contribution is -2.36. The molecule has 28 heavy (non-hydrogen) atoms. The molecule has 2 rings (SSSR count). The SMILES string of the molecule is CCc1[nH]c(C(=O)N(CCN(C)C)Cc2ccc(Cl)cc2)c(C)c1C(=O)OC. The van der Waals surface area contributed by atoms with Crippen molar-refractivity contribution < 1.29 is 14.3 Å². The van der Waals surface area contributed by atoms with Gasteiger partial charge in [0.1, 0.15) is 5.69 Å². The van der Waals surface area contributed by atoms with Gasteiger partial charge in [-0.25, -0.2) is 4.79 Å². The molecule has 0 atom stereocenters. The minimum atomic E-state index is -0.429. The Labute approximate surface area is 171 Å². The van der Waals surface area contributed by atoms with Crippen LogP contribution in [0, 0.1) is 6.92 Å². The Bertz CT molecular complexity index is 828. The van der Waals surface area contributed by atoms with Crippen LogP contribution in [0.15, 0.2) is 24.3 Å². The number of aryl methyl sites for hydroxylation is 1. The van der Waals surface area contributed by atoms with E-state index in [1.54, 1.807) is 11.8 Å². The van der Waals surface area contributed by atoms with E-state index in [2.05, 4.69) is 4.98 Å². The number of halogens is 1. The molecule has 0 bridgehead atoms. The number of carbonyl (C=O) groups is 2. The number of aromatic amines is 1. The van der Waals surface area contributed by atoms with E-state index in [0.717, 1.165) is 12.1 Å². The van der Waals surface area contributed by atoms with Gasteiger partial charge in [-0.1, -0.05) is 30.7 Å². The fourth-order valence-electron chi connectivity index (χ4n) is 3.06. The van der Waals surface area contributed by atoms with Crippen molar-refractivity contribution >= 4 is 23.5 Å². The molecule has 2 aromatic rings. The number of methoxy groups -OCH3 is 1. The molecule has 0 saturated heterocycles. The van der Waals surface area contributed by atoms with Gasteiger partial charge in [0, 0.05) is 30.4 Å². The first kappa shape index (κ1) is 22.0. The summed E-state index contributed by atoms with van der Waals surface area (Å²) >= 11 is 5.97. The van der Waals surface area contributed by atoms with Crippen LogP contribution in [-0.4, -0.2) is 61.0 Å². The molecule has 1 aromatic heterocycles. The monoisotopic (exact) mass is 405 g/mol. The molecule has 1 N–H and O–H groups in total. The zero-order valence-corrected chi connectivity index (χ0v) is 17.9. The Kier molecular flexibility index (Phi) is 7.66. The van der Waals surface area contributed by atoms with Crippen molar-refractivity contribution in [2.75, 3.05) is 34.3 Å². The summed E-state index contributed by atoms with van der Waals surface area (Å²) in [5, 5.41) is 0.658. The Hall–Kier alpha value is -2.31. The van der Waals surface area contributed by atoms with Crippen LogP contribution in [-0.2, 0) is 17.7 Å². The van der Waals surface area contributed by atoms with Gasteiger partial charge < -0.3 is 19.5 Å². The van der Waals surface area contributed by atoms with Crippen molar-refractivity contribution in [2.45, 2.75) is 26.8 Å². The van der Waals surface area contributed by atoms with Gasteiger partial charge in [-0.15, -0.1) is 0 Å². The molecule has 7 heteroatoms. The number of amides is 1. The fraction of sp³-hybridized carbons (Fsp3) is 0.429. The Balaban J connectivity index is 2.36. The molecule has 1 aromatic carbocycles. The van der Waals surface area contributed by atoms with E-state index in [9.17, 15) is 9.59 Å². The van der Waals surface area contributed by atoms with Crippen LogP contribution in [0.5, 0.6) is 0 Å². The number of esters is 1. The highest BCUT2D eigenvalue weighted by molar-refractivity contribution is 6.30. The lowest BCUT2D eigenvalue weighted by Gasteiger charge is -2.24. The molecule has 0 radical (unpaired) electrons. The average molecular weight is 406 g/mol. The second kappa shape index (κ2) is 9.75. The van der Waals surface area contributed by atoms with Crippen molar-refractivity contribution in [3.05, 3.63) is 57.4 Å². The third-order valence-corrected chi connectivity index (χ3v) is 4.93. The van der Waals surface area contributed by atoms with Crippen LogP contribution < -0.4 is 0 Å². The van der Waals surface area contributed by atoms with Crippen LogP contribution >= 0.6 is 11.6 Å². The molecule has 0 aliphatic heterocycles. The minimum absolute atomic E-state index is 0.140. The molecule has 152 valence electrons. The number of carbonyl (C=O) groups excluding carboxylic acids is 2. The van der Waals surface area contributed by atoms with E-state index >= 15 is 0 Å². The highest BCUT2D eigenvalue weighted by Crippen LogP contribution is 2.22. The van der Waals surface area contributed by atoms with Crippen molar-refractivity contribution in [2.24, 2.45) is 0 Å². The molecule has 0 unspecified atom stereocenters. The first-order valence-corrected chi connectivity index (χ1v) is 9.64. The summed E-state index contributed by atoms with van der Waals surface area (Å²) in [6, 6.07) is 7.46. The number of nitrogens with one attached hydrogen (secondary N) is 1. The molecule has 6 nitrogen and oxygen atoms in total. The molecular weight excluding hydrogens is 378 g/mol. The zero-order chi connectivity index (χ0) is 20.8. The normalized spacial score (nSPS) is 11.0. The van der Waals surface area contributed by atoms with Crippen molar-refractivity contribution in [3.63, 3.8) is 0 Å². The van der Waals surface area contributed by atoms with Crippen molar-refractivity contribution in [1.82, 2.24) is 14.8 Å². The number of rotatable bonds is 8. The molecule has 0 aliphatic rings. The average Bonchev–Trinajstić information content (AvgIpc) is 3.01. The summed E-state index contributed by atoms with van der Waals surface area (Å²) in [4.78, 5) is 32.5. The molecule has 0 saturated carbocycles. The molecule has 0 fully saturated rings. The smallest absolute Gasteiger partial charge is 0.339 e. The third kappa shape index (κ3) is 5.14. The standard InChI is InChI=1S/C21H28ClN3O3/c1-6-17-18(21(27)28-5)14(2)19(23-17)20(26)25(12-11-24(3)4)13-15-7-9-16(22)10-8-15/h7-10,23H,6,11-13H2,1-5H3. The Morgan fingerprint density at radius 2 is 1.79 bits per heavy atom. The summed E-state index contributed by atoms with van der Waals surface area (Å²) in [5.41, 5.74) is 3.22. The van der Waals surface area contributed by atoms with Crippen molar-refractivity contribution in [3.8, 4) is 0 Å². The van der Waals surface area contributed by atoms with Gasteiger partial charge in [0.2, 0.25) is 0 Å². The molecule has 1 heterocycles. The lowest BCUT2D eigenvalue weighted by atomic mass is 10.1. The molecule has 0 spiro atoms. The Morgan fingerprint density at radius 3 is 2.32 bits per heavy atom. The number of benzene rings is 1. The van der Waals surface area contributed by atoms with Crippen LogP contribution in [0.4, 0.5) is 0 Å². The summed E-state index contributed by atoms with van der Waals surface area (Å²) in [5.74, 6) is -0.568. The van der Waals surface area contributed by atoms with E-state index in [1.165, 1.54) is 7.11 Å². The maximum absolute atomic E-state index is 13.3. The van der Waals surface area contributed by atoms with Gasteiger partial charge in [-0.05, 0) is 50.7 Å². The van der Waals surface area contributed by atoms with Gasteiger partial charge in [-0.2, -0.15) is 0 Å². The topological polar surface area (TPSA) is 65.6 Å². The summed E-state index contributed by atoms with van der Waals surface area (Å²) in [7, 11) is 5.28. The molecular formula is C21H28ClN3O3. The number of nitrogens with zero attached hydrogens (tertiary/aromatic N) is 2. The number of aromatic nitrogens is 1. The maximum Gasteiger partial charge on any atom is 0.339 e. The highest BCUT2D eigenvalue weighted by atomic mass is 35.5. The third-order valence-electron chi connectivity index (χ3n) is 4.68. The van der Waals surface area contributed by atoms with Gasteiger partial charge in [0.25, 0.3) is 5.91 Å². The van der Waals surface area contributed by atoms with Crippen molar-refractivity contribution in [1.29, 1.82) is 0 Å². The first-order valence-electron chi connectivity index (χ1n) is 9.26. The summed E-state index contributed by atoms with van der Waals surface area (Å²) in [6.45, 7) is 5.45. The van der Waals surface area contributed by atoms with Crippen LogP contribution in [0.1, 0.15) is 44.6 Å². The number of ether oxygens (including phenoxy) is 1. The number of hydrogen-bond acceptors (Lipinski definition) is 4. The van der Waals surface area contributed by atoms with E-state index in [-0.39, 0.29) is 5.91 Å². The van der Waals surface area contributed by atoms with E-state index in [0.29, 0.717) is 47.0 Å². The predicted molar refractivity (Wildman–Crippen MR) is 111 cm³/mol. The highest BCUT2D eigenvalue weighted by Gasteiger charge is 2.26. The second-order valence-electron chi connectivity index (χ2n) is 6.98. The van der Waals surface area contributed by atoms with Crippen LogP contribution in [0.2, 0.25) is 5.02 Å². The quantitative estimate of drug-likeness (QED) is 0.682. The predicted octanol–water partition coefficient (Wildman–Crippen LogP) is 3.53. The van der Waals surface area contributed by atoms with Crippen LogP contribution in [0.25, 0.3) is 0 Å². The minimum Gasteiger partial charge on any atom is -0.465 e. The van der Waals surface area contributed by atoms with Gasteiger partial charge in [0.05, 0.1) is 12.7 Å². The fourth-order valence-corrected chi connectivity index (χ4v) is 3.18. The van der Waals surface area contributed by atoms with Crippen LogP contribution in [0.3, 0.4) is 0 Å². The lowest BCUT2D eigenvalue weighted by molar-refractivity contribution is 0.0599. The van der Waals surface area contributed by atoms with E-state index < -0.39 is 5.97 Å². The number of hydrogen-bond donors (Lipinski definition) is 1.